The average Bonchev–Trinajstić information content (AvgIpc) is 3.41. The third-order valence-electron chi connectivity index (χ3n) is 4.96. The van der Waals surface area contributed by atoms with Gasteiger partial charge in [-0.05, 0) is 50.3 Å². The highest BCUT2D eigenvalue weighted by molar-refractivity contribution is 6.09. The molecule has 7 nitrogen and oxygen atoms in total. The van der Waals surface area contributed by atoms with Crippen LogP contribution in [-0.2, 0) is 15.1 Å². The Labute approximate surface area is 146 Å². The van der Waals surface area contributed by atoms with Gasteiger partial charge in [-0.15, -0.1) is 0 Å². The zero-order valence-corrected chi connectivity index (χ0v) is 14.7. The van der Waals surface area contributed by atoms with Crippen molar-refractivity contribution in [3.05, 3.63) is 29.8 Å². The molecule has 0 spiro atoms. The number of carbonyl (C=O) groups excluding carboxylic acids is 3. The van der Waals surface area contributed by atoms with Gasteiger partial charge in [0, 0.05) is 6.04 Å². The van der Waals surface area contributed by atoms with Crippen molar-refractivity contribution >= 4 is 17.8 Å². The molecule has 0 aromatic heterocycles. The maximum atomic E-state index is 12.8. The van der Waals surface area contributed by atoms with Crippen molar-refractivity contribution < 1.29 is 19.1 Å². The number of urea groups is 1. The minimum Gasteiger partial charge on any atom is -0.497 e. The van der Waals surface area contributed by atoms with Gasteiger partial charge in [-0.3, -0.25) is 14.5 Å². The van der Waals surface area contributed by atoms with Crippen LogP contribution in [0.5, 0.6) is 5.75 Å². The van der Waals surface area contributed by atoms with Crippen LogP contribution >= 0.6 is 0 Å². The number of rotatable bonds is 6. The number of nitrogens with one attached hydrogen (secondary N) is 2. The first-order chi connectivity index (χ1) is 11.8. The lowest BCUT2D eigenvalue weighted by molar-refractivity contribution is -0.135. The van der Waals surface area contributed by atoms with E-state index in [0.29, 0.717) is 17.2 Å². The van der Waals surface area contributed by atoms with Gasteiger partial charge >= 0.3 is 6.03 Å². The molecular formula is C18H23N3O4. The number of nitrogens with zero attached hydrogens (tertiary/aromatic N) is 1. The molecular weight excluding hydrogens is 322 g/mol. The second kappa shape index (κ2) is 6.38. The molecule has 1 heterocycles. The van der Waals surface area contributed by atoms with Crippen molar-refractivity contribution in [2.45, 2.75) is 38.3 Å². The van der Waals surface area contributed by atoms with Crippen molar-refractivity contribution in [1.82, 2.24) is 15.5 Å². The van der Waals surface area contributed by atoms with Crippen LogP contribution in [0.3, 0.4) is 0 Å². The third-order valence-corrected chi connectivity index (χ3v) is 4.96. The van der Waals surface area contributed by atoms with Crippen LogP contribution in [0.1, 0.15) is 32.3 Å². The lowest BCUT2D eigenvalue weighted by Crippen LogP contribution is -2.45. The number of imide groups is 1. The summed E-state index contributed by atoms with van der Waals surface area (Å²) in [5.41, 5.74) is -0.549. The Balaban J connectivity index is 1.70. The summed E-state index contributed by atoms with van der Waals surface area (Å²) in [6, 6.07) is 6.43. The first-order valence-electron chi connectivity index (χ1n) is 8.43. The van der Waals surface area contributed by atoms with Crippen LogP contribution in [0, 0.1) is 5.92 Å². The van der Waals surface area contributed by atoms with Crippen molar-refractivity contribution in [2.24, 2.45) is 5.92 Å². The fraction of sp³-hybridized carbons (Fsp3) is 0.500. The van der Waals surface area contributed by atoms with Crippen LogP contribution < -0.4 is 15.4 Å². The maximum absolute atomic E-state index is 12.8. The van der Waals surface area contributed by atoms with E-state index in [-0.39, 0.29) is 18.5 Å². The first kappa shape index (κ1) is 17.3. The van der Waals surface area contributed by atoms with Gasteiger partial charge in [-0.1, -0.05) is 12.1 Å². The molecule has 2 unspecified atom stereocenters. The molecule has 3 rings (SSSR count). The zero-order valence-electron chi connectivity index (χ0n) is 14.7. The Morgan fingerprint density at radius 1 is 1.36 bits per heavy atom. The van der Waals surface area contributed by atoms with Crippen LogP contribution in [0.4, 0.5) is 4.79 Å². The van der Waals surface area contributed by atoms with E-state index in [9.17, 15) is 14.4 Å². The van der Waals surface area contributed by atoms with Crippen molar-refractivity contribution in [2.75, 3.05) is 13.7 Å². The molecule has 0 bridgehead atoms. The summed E-state index contributed by atoms with van der Waals surface area (Å²) in [6.45, 7) is 3.32. The molecule has 7 heteroatoms. The van der Waals surface area contributed by atoms with E-state index in [0.717, 1.165) is 17.7 Å². The van der Waals surface area contributed by atoms with Gasteiger partial charge < -0.3 is 15.4 Å². The third kappa shape index (κ3) is 3.31. The summed E-state index contributed by atoms with van der Waals surface area (Å²) in [7, 11) is 1.56. The van der Waals surface area contributed by atoms with Gasteiger partial charge in [-0.2, -0.15) is 0 Å². The van der Waals surface area contributed by atoms with Crippen LogP contribution in [0.25, 0.3) is 0 Å². The number of hydrogen-bond donors (Lipinski definition) is 2. The number of carbonyl (C=O) groups is 3. The summed E-state index contributed by atoms with van der Waals surface area (Å²) in [5, 5.41) is 5.56. The number of benzene rings is 1. The lowest BCUT2D eigenvalue weighted by Gasteiger charge is -2.22. The Morgan fingerprint density at radius 2 is 2.00 bits per heavy atom. The van der Waals surface area contributed by atoms with Gasteiger partial charge in [-0.25, -0.2) is 4.79 Å². The van der Waals surface area contributed by atoms with Crippen LogP contribution in [0.2, 0.25) is 0 Å². The molecule has 1 aliphatic heterocycles. The summed E-state index contributed by atoms with van der Waals surface area (Å²) >= 11 is 0. The number of amides is 4. The van der Waals surface area contributed by atoms with E-state index in [2.05, 4.69) is 10.6 Å². The van der Waals surface area contributed by atoms with E-state index in [1.165, 1.54) is 0 Å². The molecule has 0 radical (unpaired) electrons. The van der Waals surface area contributed by atoms with Crippen molar-refractivity contribution in [3.63, 3.8) is 0 Å². The summed E-state index contributed by atoms with van der Waals surface area (Å²) in [6.07, 6.45) is 2.22. The lowest BCUT2D eigenvalue weighted by atomic mass is 9.92. The summed E-state index contributed by atoms with van der Waals surface area (Å²) in [4.78, 5) is 38.2. The second-order valence-corrected chi connectivity index (χ2v) is 6.87. The molecule has 1 saturated carbocycles. The minimum atomic E-state index is -1.19. The molecule has 2 atom stereocenters. The molecule has 1 aromatic rings. The normalized spacial score (nSPS) is 24.0. The Hall–Kier alpha value is -2.57. The van der Waals surface area contributed by atoms with Gasteiger partial charge in [0.2, 0.25) is 5.91 Å². The average molecular weight is 345 g/mol. The fourth-order valence-electron chi connectivity index (χ4n) is 3.12. The summed E-state index contributed by atoms with van der Waals surface area (Å²) in [5.74, 6) is 0.421. The largest absolute Gasteiger partial charge is 0.497 e. The van der Waals surface area contributed by atoms with Crippen molar-refractivity contribution in [1.29, 1.82) is 0 Å². The van der Waals surface area contributed by atoms with Gasteiger partial charge in [0.1, 0.15) is 17.8 Å². The SMILES string of the molecule is COc1ccc(C2(C)NC(=O)N(CC(=O)NC(C)C3CC3)C2=O)cc1. The topological polar surface area (TPSA) is 87.7 Å². The molecule has 134 valence electrons. The smallest absolute Gasteiger partial charge is 0.325 e. The molecule has 1 aliphatic carbocycles. The highest BCUT2D eigenvalue weighted by Gasteiger charge is 2.49. The predicted molar refractivity (Wildman–Crippen MR) is 90.9 cm³/mol. The van der Waals surface area contributed by atoms with Gasteiger partial charge in [0.05, 0.1) is 7.11 Å². The van der Waals surface area contributed by atoms with E-state index >= 15 is 0 Å². The van der Waals surface area contributed by atoms with Gasteiger partial charge in [0.25, 0.3) is 5.91 Å². The molecule has 2 aliphatic rings. The standard InChI is InChI=1S/C18H23N3O4/c1-11(12-4-5-12)19-15(22)10-21-16(23)18(2,20-17(21)24)13-6-8-14(25-3)9-7-13/h6-9,11-12H,4-5,10H2,1-3H3,(H,19,22)(H,20,24). The molecule has 1 saturated heterocycles. The molecule has 4 amide bonds. The first-order valence-corrected chi connectivity index (χ1v) is 8.43. The quantitative estimate of drug-likeness (QED) is 0.763. The maximum Gasteiger partial charge on any atom is 0.325 e. The minimum absolute atomic E-state index is 0.0706. The monoisotopic (exact) mass is 345 g/mol. The van der Waals surface area contributed by atoms with E-state index in [4.69, 9.17) is 4.74 Å². The van der Waals surface area contributed by atoms with E-state index in [1.807, 2.05) is 6.92 Å². The fourth-order valence-corrected chi connectivity index (χ4v) is 3.12. The highest BCUT2D eigenvalue weighted by atomic mass is 16.5. The zero-order chi connectivity index (χ0) is 18.2. The molecule has 25 heavy (non-hydrogen) atoms. The Bertz CT molecular complexity index is 699. The predicted octanol–water partition coefficient (Wildman–Crippen LogP) is 1.38. The van der Waals surface area contributed by atoms with Gasteiger partial charge in [0.15, 0.2) is 0 Å². The van der Waals surface area contributed by atoms with E-state index < -0.39 is 17.5 Å². The molecule has 2 N–H and O–H groups in total. The Morgan fingerprint density at radius 3 is 2.56 bits per heavy atom. The Kier molecular flexibility index (Phi) is 4.41. The van der Waals surface area contributed by atoms with Crippen LogP contribution in [-0.4, -0.2) is 42.4 Å². The van der Waals surface area contributed by atoms with Crippen molar-refractivity contribution in [3.8, 4) is 5.75 Å². The molecule has 1 aromatic carbocycles. The number of hydrogen-bond acceptors (Lipinski definition) is 4. The highest BCUT2D eigenvalue weighted by Crippen LogP contribution is 2.32. The number of ether oxygens (including phenoxy) is 1. The number of methoxy groups -OCH3 is 1. The molecule has 2 fully saturated rings. The van der Waals surface area contributed by atoms with Crippen LogP contribution in [0.15, 0.2) is 24.3 Å². The second-order valence-electron chi connectivity index (χ2n) is 6.87. The summed E-state index contributed by atoms with van der Waals surface area (Å²) < 4.78 is 5.11. The van der Waals surface area contributed by atoms with E-state index in [1.54, 1.807) is 38.3 Å².